The maximum atomic E-state index is 12.7. The molecule has 1 unspecified atom stereocenters. The molecule has 0 bridgehead atoms. The van der Waals surface area contributed by atoms with Crippen LogP contribution < -0.4 is 5.14 Å². The van der Waals surface area contributed by atoms with Crippen LogP contribution >= 0.6 is 0 Å². The van der Waals surface area contributed by atoms with Crippen molar-refractivity contribution in [1.82, 2.24) is 0 Å². The van der Waals surface area contributed by atoms with Crippen molar-refractivity contribution in [1.29, 1.82) is 0 Å². The lowest BCUT2D eigenvalue weighted by Crippen LogP contribution is -2.29. The van der Waals surface area contributed by atoms with Crippen LogP contribution in [0.3, 0.4) is 0 Å². The van der Waals surface area contributed by atoms with Crippen molar-refractivity contribution in [3.8, 4) is 0 Å². The molecule has 0 fully saturated rings. The van der Waals surface area contributed by atoms with E-state index >= 15 is 0 Å². The summed E-state index contributed by atoms with van der Waals surface area (Å²) in [5.41, 5.74) is 0.754. The van der Waals surface area contributed by atoms with Gasteiger partial charge in [-0.3, -0.25) is 4.79 Å². The molecule has 0 heterocycles. The highest BCUT2D eigenvalue weighted by Gasteiger charge is 2.31. The average molecular weight is 381 g/mol. The molecule has 2 N–H and O–H groups in total. The summed E-state index contributed by atoms with van der Waals surface area (Å²) in [4.78, 5) is 12.1. The number of sulfonamides is 1. The summed E-state index contributed by atoms with van der Waals surface area (Å²) in [6.45, 7) is 0. The molecule has 2 rings (SSSR count). The second-order valence-electron chi connectivity index (χ2n) is 5.64. The average Bonchev–Trinajstić information content (AvgIpc) is 2.58. The van der Waals surface area contributed by atoms with Gasteiger partial charge in [0.2, 0.25) is 10.0 Å². The fourth-order valence-corrected chi connectivity index (χ4v) is 5.77. The first kappa shape index (κ1) is 19.3. The number of nitrogens with two attached hydrogens (primary N) is 1. The summed E-state index contributed by atoms with van der Waals surface area (Å²) in [7, 11) is -7.90. The number of rotatable bonds is 8. The molecule has 0 saturated heterocycles. The maximum Gasteiger partial charge on any atom is 0.210 e. The van der Waals surface area contributed by atoms with Crippen LogP contribution in [0.4, 0.5) is 0 Å². The van der Waals surface area contributed by atoms with E-state index in [1.54, 1.807) is 48.5 Å². The Morgan fingerprint density at radius 3 is 1.92 bits per heavy atom. The summed E-state index contributed by atoms with van der Waals surface area (Å²) in [6.07, 6.45) is -0.222. The molecule has 25 heavy (non-hydrogen) atoms. The molecule has 0 amide bonds. The number of Topliss-reactive ketones (excluding diaryl/α,β-unsaturated/α-hetero) is 1. The Hall–Kier alpha value is -2.03. The molecule has 1 atom stereocenters. The Balaban J connectivity index is 2.22. The van der Waals surface area contributed by atoms with Gasteiger partial charge in [-0.25, -0.2) is 22.0 Å². The number of carbonyl (C=O) groups is 1. The number of hydrogen-bond acceptors (Lipinski definition) is 5. The molecule has 2 aromatic rings. The molecule has 0 radical (unpaired) electrons. The van der Waals surface area contributed by atoms with Crippen molar-refractivity contribution >= 4 is 25.6 Å². The molecule has 8 heteroatoms. The Bertz CT molecular complexity index is 924. The lowest BCUT2D eigenvalue weighted by atomic mass is 10.1. The zero-order valence-corrected chi connectivity index (χ0v) is 15.0. The monoisotopic (exact) mass is 381 g/mol. The van der Waals surface area contributed by atoms with Gasteiger partial charge < -0.3 is 0 Å². The van der Waals surface area contributed by atoms with E-state index in [0.717, 1.165) is 0 Å². The number of sulfone groups is 1. The second-order valence-corrected chi connectivity index (χ2v) is 9.60. The standard InChI is InChI=1S/C17H19NO5S2/c18-25(22,23)13-17(15-9-5-2-6-10-15)24(20,21)12-11-16(19)14-7-3-1-4-8-14/h1-10,17H,11-13H2,(H2,18,22,23). The zero-order chi connectivity index (χ0) is 18.5. The third-order valence-corrected chi connectivity index (χ3v) is 6.79. The highest BCUT2D eigenvalue weighted by atomic mass is 32.2. The van der Waals surface area contributed by atoms with E-state index in [0.29, 0.717) is 11.1 Å². The normalized spacial score (nSPS) is 13.3. The third kappa shape index (κ3) is 5.77. The van der Waals surface area contributed by atoms with E-state index < -0.39 is 36.6 Å². The molecule has 134 valence electrons. The number of ketones is 1. The minimum absolute atomic E-state index is 0.222. The fraction of sp³-hybridized carbons (Fsp3) is 0.235. The SMILES string of the molecule is NS(=O)(=O)CC(c1ccccc1)S(=O)(=O)CCC(=O)c1ccccc1. The first-order valence-corrected chi connectivity index (χ1v) is 11.0. The first-order valence-electron chi connectivity index (χ1n) is 7.54. The largest absolute Gasteiger partial charge is 0.294 e. The first-order chi connectivity index (χ1) is 11.7. The van der Waals surface area contributed by atoms with E-state index in [2.05, 4.69) is 0 Å². The van der Waals surface area contributed by atoms with Gasteiger partial charge in [-0.05, 0) is 5.56 Å². The highest BCUT2D eigenvalue weighted by Crippen LogP contribution is 2.25. The molecule has 0 aliphatic carbocycles. The molecule has 0 aromatic heterocycles. The molecule has 0 saturated carbocycles. The van der Waals surface area contributed by atoms with Gasteiger partial charge in [0.15, 0.2) is 15.6 Å². The van der Waals surface area contributed by atoms with Gasteiger partial charge in [0.1, 0.15) is 5.25 Å². The van der Waals surface area contributed by atoms with Crippen LogP contribution in [0.25, 0.3) is 0 Å². The van der Waals surface area contributed by atoms with Crippen molar-refractivity contribution in [2.75, 3.05) is 11.5 Å². The quantitative estimate of drug-likeness (QED) is 0.700. The van der Waals surface area contributed by atoms with Gasteiger partial charge in [-0.2, -0.15) is 0 Å². The highest BCUT2D eigenvalue weighted by molar-refractivity contribution is 7.94. The van der Waals surface area contributed by atoms with Crippen LogP contribution in [-0.4, -0.2) is 34.1 Å². The Labute approximate surface area is 147 Å². The van der Waals surface area contributed by atoms with Crippen LogP contribution in [0.5, 0.6) is 0 Å². The van der Waals surface area contributed by atoms with Crippen LogP contribution in [0.1, 0.15) is 27.6 Å². The molecular weight excluding hydrogens is 362 g/mol. The van der Waals surface area contributed by atoms with Gasteiger partial charge in [0.05, 0.1) is 11.5 Å². The summed E-state index contributed by atoms with van der Waals surface area (Å²) in [5, 5.41) is 3.76. The van der Waals surface area contributed by atoms with Crippen molar-refractivity contribution in [3.05, 3.63) is 71.8 Å². The second kappa shape index (κ2) is 7.90. The van der Waals surface area contributed by atoms with Crippen LogP contribution in [0.2, 0.25) is 0 Å². The lowest BCUT2D eigenvalue weighted by Gasteiger charge is -2.17. The van der Waals surface area contributed by atoms with Gasteiger partial charge in [0, 0.05) is 12.0 Å². The maximum absolute atomic E-state index is 12.7. The number of benzene rings is 2. The van der Waals surface area contributed by atoms with Gasteiger partial charge in [0.25, 0.3) is 0 Å². The minimum atomic E-state index is -4.01. The van der Waals surface area contributed by atoms with Crippen molar-refractivity contribution in [2.45, 2.75) is 11.7 Å². The Morgan fingerprint density at radius 2 is 1.40 bits per heavy atom. The molecule has 6 nitrogen and oxygen atoms in total. The van der Waals surface area contributed by atoms with Crippen molar-refractivity contribution < 1.29 is 21.6 Å². The van der Waals surface area contributed by atoms with Crippen molar-refractivity contribution in [2.24, 2.45) is 5.14 Å². The third-order valence-electron chi connectivity index (χ3n) is 3.70. The minimum Gasteiger partial charge on any atom is -0.294 e. The zero-order valence-electron chi connectivity index (χ0n) is 13.4. The molecule has 0 spiro atoms. The summed E-state index contributed by atoms with van der Waals surface area (Å²) in [6, 6.07) is 16.4. The van der Waals surface area contributed by atoms with Crippen LogP contribution in [-0.2, 0) is 19.9 Å². The van der Waals surface area contributed by atoms with E-state index in [-0.39, 0.29) is 12.2 Å². The number of carbonyl (C=O) groups excluding carboxylic acids is 1. The predicted octanol–water partition coefficient (Wildman–Crippen LogP) is 1.70. The van der Waals surface area contributed by atoms with Gasteiger partial charge in [-0.15, -0.1) is 0 Å². The van der Waals surface area contributed by atoms with Crippen molar-refractivity contribution in [3.63, 3.8) is 0 Å². The molecule has 2 aromatic carbocycles. The molecular formula is C17H19NO5S2. The number of hydrogen-bond donors (Lipinski definition) is 1. The van der Waals surface area contributed by atoms with E-state index in [9.17, 15) is 21.6 Å². The topological polar surface area (TPSA) is 111 Å². The summed E-state index contributed by atoms with van der Waals surface area (Å²) in [5.74, 6) is -1.49. The summed E-state index contributed by atoms with van der Waals surface area (Å²) < 4.78 is 48.3. The van der Waals surface area contributed by atoms with Gasteiger partial charge >= 0.3 is 0 Å². The molecule has 0 aliphatic heterocycles. The number of primary sulfonamides is 1. The van der Waals surface area contributed by atoms with E-state index in [1.165, 1.54) is 12.1 Å². The van der Waals surface area contributed by atoms with E-state index in [4.69, 9.17) is 5.14 Å². The van der Waals surface area contributed by atoms with E-state index in [1.807, 2.05) is 0 Å². The molecule has 0 aliphatic rings. The lowest BCUT2D eigenvalue weighted by molar-refractivity contribution is 0.0988. The summed E-state index contributed by atoms with van der Waals surface area (Å²) >= 11 is 0. The van der Waals surface area contributed by atoms with Crippen LogP contribution in [0, 0.1) is 0 Å². The van der Waals surface area contributed by atoms with Crippen LogP contribution in [0.15, 0.2) is 60.7 Å². The fourth-order valence-electron chi connectivity index (χ4n) is 2.43. The Kier molecular flexibility index (Phi) is 6.10. The van der Waals surface area contributed by atoms with Gasteiger partial charge in [-0.1, -0.05) is 60.7 Å². The smallest absolute Gasteiger partial charge is 0.210 e. The predicted molar refractivity (Wildman–Crippen MR) is 96.3 cm³/mol. The Morgan fingerprint density at radius 1 is 0.880 bits per heavy atom.